The first-order valence-electron chi connectivity index (χ1n) is 11.7. The Balaban J connectivity index is 2.04. The lowest BCUT2D eigenvalue weighted by Gasteiger charge is -2.33. The van der Waals surface area contributed by atoms with Crippen LogP contribution in [-0.2, 0) is 6.54 Å². The molecule has 7 nitrogen and oxygen atoms in total. The Morgan fingerprint density at radius 2 is 1.79 bits per heavy atom. The normalized spacial score (nSPS) is 12.2. The molecular formula is C26H35N5O2S. The van der Waals surface area contributed by atoms with Crippen LogP contribution >= 0.6 is 11.8 Å². The largest absolute Gasteiger partial charge is 0.322 e. The standard InChI is InChI=1S/C26H35N5O2S/c1-6-16-31-24(28-22-11-9-8-10-21(22)25(31)32)23(7-2)30(18-17-29(3)4)26(33)27-19-12-14-20(34-5)15-13-19/h8-15,23H,6-7,16-18H2,1-5H3,(H,27,33). The van der Waals surface area contributed by atoms with Gasteiger partial charge in [-0.2, -0.15) is 0 Å². The maximum absolute atomic E-state index is 13.5. The van der Waals surface area contributed by atoms with Crippen molar-refractivity contribution < 1.29 is 4.79 Å². The number of urea groups is 1. The molecular weight excluding hydrogens is 446 g/mol. The van der Waals surface area contributed by atoms with Crippen LogP contribution in [0.5, 0.6) is 0 Å². The number of nitrogens with one attached hydrogen (secondary N) is 1. The quantitative estimate of drug-likeness (QED) is 0.409. The average Bonchev–Trinajstić information content (AvgIpc) is 2.84. The van der Waals surface area contributed by atoms with Crippen molar-refractivity contribution in [3.8, 4) is 0 Å². The Bertz CT molecular complexity index is 1160. The molecule has 2 aromatic carbocycles. The van der Waals surface area contributed by atoms with Gasteiger partial charge in [-0.25, -0.2) is 9.78 Å². The van der Waals surface area contributed by atoms with E-state index in [0.29, 0.717) is 42.8 Å². The smallest absolute Gasteiger partial charge is 0.313 e. The summed E-state index contributed by atoms with van der Waals surface area (Å²) in [6.07, 6.45) is 3.46. The fraction of sp³-hybridized carbons (Fsp3) is 0.423. The molecule has 0 fully saturated rings. The summed E-state index contributed by atoms with van der Waals surface area (Å²) in [6, 6.07) is 14.7. The monoisotopic (exact) mass is 481 g/mol. The molecule has 0 aliphatic rings. The van der Waals surface area contributed by atoms with Gasteiger partial charge in [0.25, 0.3) is 5.56 Å². The third-order valence-electron chi connectivity index (χ3n) is 5.79. The SMILES string of the molecule is CCCn1c(C(CC)N(CCN(C)C)C(=O)Nc2ccc(SC)cc2)nc2ccccc2c1=O. The summed E-state index contributed by atoms with van der Waals surface area (Å²) in [6.45, 7) is 5.84. The second kappa shape index (κ2) is 12.0. The molecule has 3 rings (SSSR count). The highest BCUT2D eigenvalue weighted by Crippen LogP contribution is 2.25. The van der Waals surface area contributed by atoms with E-state index in [9.17, 15) is 9.59 Å². The number of hydrogen-bond acceptors (Lipinski definition) is 5. The van der Waals surface area contributed by atoms with Gasteiger partial charge < -0.3 is 15.1 Å². The number of rotatable bonds is 10. The van der Waals surface area contributed by atoms with Crippen LogP contribution in [0.2, 0.25) is 0 Å². The fourth-order valence-corrected chi connectivity index (χ4v) is 4.41. The molecule has 0 saturated heterocycles. The Kier molecular flexibility index (Phi) is 9.12. The van der Waals surface area contributed by atoms with Crippen LogP contribution in [0.3, 0.4) is 0 Å². The predicted octanol–water partition coefficient (Wildman–Crippen LogP) is 5.08. The molecule has 182 valence electrons. The van der Waals surface area contributed by atoms with E-state index in [-0.39, 0.29) is 17.6 Å². The molecule has 0 spiro atoms. The molecule has 8 heteroatoms. The molecule has 0 aliphatic carbocycles. The number of para-hydroxylation sites is 1. The number of carbonyl (C=O) groups excluding carboxylic acids is 1. The van der Waals surface area contributed by atoms with E-state index in [1.807, 2.05) is 92.5 Å². The molecule has 34 heavy (non-hydrogen) atoms. The summed E-state index contributed by atoms with van der Waals surface area (Å²) < 4.78 is 1.75. The van der Waals surface area contributed by atoms with Crippen molar-refractivity contribution in [3.63, 3.8) is 0 Å². The van der Waals surface area contributed by atoms with E-state index in [4.69, 9.17) is 4.98 Å². The minimum atomic E-state index is -0.339. The van der Waals surface area contributed by atoms with Crippen molar-refractivity contribution >= 4 is 34.4 Å². The molecule has 0 bridgehead atoms. The zero-order chi connectivity index (χ0) is 24.7. The zero-order valence-electron chi connectivity index (χ0n) is 20.7. The van der Waals surface area contributed by atoms with E-state index in [2.05, 4.69) is 5.32 Å². The van der Waals surface area contributed by atoms with E-state index in [0.717, 1.165) is 17.0 Å². The van der Waals surface area contributed by atoms with Crippen molar-refractivity contribution in [2.75, 3.05) is 38.8 Å². The molecule has 0 saturated carbocycles. The number of benzene rings is 2. The lowest BCUT2D eigenvalue weighted by molar-refractivity contribution is 0.171. The van der Waals surface area contributed by atoms with Crippen LogP contribution < -0.4 is 10.9 Å². The molecule has 1 N–H and O–H groups in total. The third-order valence-corrected chi connectivity index (χ3v) is 6.53. The van der Waals surface area contributed by atoms with Gasteiger partial charge in [0.1, 0.15) is 5.82 Å². The highest BCUT2D eigenvalue weighted by atomic mass is 32.2. The van der Waals surface area contributed by atoms with Gasteiger partial charge >= 0.3 is 6.03 Å². The van der Waals surface area contributed by atoms with Crippen LogP contribution in [0, 0.1) is 0 Å². The van der Waals surface area contributed by atoms with E-state index in [1.54, 1.807) is 16.3 Å². The molecule has 0 aliphatic heterocycles. The van der Waals surface area contributed by atoms with E-state index < -0.39 is 0 Å². The van der Waals surface area contributed by atoms with Crippen LogP contribution in [0.15, 0.2) is 58.2 Å². The highest BCUT2D eigenvalue weighted by molar-refractivity contribution is 7.98. The number of hydrogen-bond donors (Lipinski definition) is 1. The number of aromatic nitrogens is 2. The van der Waals surface area contributed by atoms with Gasteiger partial charge in [0.05, 0.1) is 16.9 Å². The topological polar surface area (TPSA) is 70.5 Å². The van der Waals surface area contributed by atoms with Crippen molar-refractivity contribution in [2.45, 2.75) is 44.2 Å². The number of likely N-dealkylation sites (N-methyl/N-ethyl adjacent to an activating group) is 1. The number of nitrogens with zero attached hydrogens (tertiary/aromatic N) is 4. The lowest BCUT2D eigenvalue weighted by Crippen LogP contribution is -2.44. The number of carbonyl (C=O) groups is 1. The minimum absolute atomic E-state index is 0.0541. The zero-order valence-corrected chi connectivity index (χ0v) is 21.6. The highest BCUT2D eigenvalue weighted by Gasteiger charge is 2.28. The van der Waals surface area contributed by atoms with Gasteiger partial charge in [-0.05, 0) is 69.6 Å². The summed E-state index contributed by atoms with van der Waals surface area (Å²) in [5.74, 6) is 0.639. The van der Waals surface area contributed by atoms with E-state index in [1.165, 1.54) is 0 Å². The van der Waals surface area contributed by atoms with Gasteiger partial charge in [-0.3, -0.25) is 9.36 Å². The fourth-order valence-electron chi connectivity index (χ4n) is 4.00. The molecule has 3 aromatic rings. The third kappa shape index (κ3) is 5.98. The Morgan fingerprint density at radius 1 is 1.09 bits per heavy atom. The molecule has 1 atom stereocenters. The second-order valence-corrected chi connectivity index (χ2v) is 9.40. The van der Waals surface area contributed by atoms with Gasteiger partial charge in [-0.15, -0.1) is 11.8 Å². The van der Waals surface area contributed by atoms with Gasteiger partial charge in [0.15, 0.2) is 0 Å². The van der Waals surface area contributed by atoms with Gasteiger partial charge in [-0.1, -0.05) is 26.0 Å². The first-order valence-corrected chi connectivity index (χ1v) is 13.0. The number of thioether (sulfide) groups is 1. The van der Waals surface area contributed by atoms with Crippen LogP contribution in [-0.4, -0.2) is 58.8 Å². The summed E-state index contributed by atoms with van der Waals surface area (Å²) >= 11 is 1.66. The van der Waals surface area contributed by atoms with Crippen molar-refractivity contribution in [1.29, 1.82) is 0 Å². The molecule has 2 amide bonds. The molecule has 1 heterocycles. The molecule has 0 radical (unpaired) electrons. The molecule has 1 aromatic heterocycles. The number of anilines is 1. The molecule has 1 unspecified atom stereocenters. The van der Waals surface area contributed by atoms with Crippen molar-refractivity contribution in [2.24, 2.45) is 0 Å². The second-order valence-electron chi connectivity index (χ2n) is 8.52. The first-order chi connectivity index (χ1) is 16.4. The number of fused-ring (bicyclic) bond motifs is 1. The maximum atomic E-state index is 13.5. The van der Waals surface area contributed by atoms with Gasteiger partial charge in [0, 0.05) is 30.2 Å². The van der Waals surface area contributed by atoms with Crippen LogP contribution in [0.4, 0.5) is 10.5 Å². The first kappa shape index (κ1) is 25.8. The summed E-state index contributed by atoms with van der Waals surface area (Å²) in [5.41, 5.74) is 1.35. The summed E-state index contributed by atoms with van der Waals surface area (Å²) in [4.78, 5) is 36.8. The van der Waals surface area contributed by atoms with Crippen LogP contribution in [0.1, 0.15) is 38.6 Å². The van der Waals surface area contributed by atoms with E-state index >= 15 is 0 Å². The van der Waals surface area contributed by atoms with Crippen LogP contribution in [0.25, 0.3) is 10.9 Å². The van der Waals surface area contributed by atoms with Crippen molar-refractivity contribution in [3.05, 3.63) is 64.7 Å². The Morgan fingerprint density at radius 3 is 2.41 bits per heavy atom. The maximum Gasteiger partial charge on any atom is 0.322 e. The predicted molar refractivity (Wildman–Crippen MR) is 142 cm³/mol. The van der Waals surface area contributed by atoms with Gasteiger partial charge in [0.2, 0.25) is 0 Å². The minimum Gasteiger partial charge on any atom is -0.313 e. The Labute approximate surface area is 206 Å². The average molecular weight is 482 g/mol. The lowest BCUT2D eigenvalue weighted by atomic mass is 10.1. The van der Waals surface area contributed by atoms with Crippen molar-refractivity contribution in [1.82, 2.24) is 19.4 Å². The number of amides is 2. The summed E-state index contributed by atoms with van der Waals surface area (Å²) in [5, 5.41) is 3.65. The Hall–Kier alpha value is -2.84. The summed E-state index contributed by atoms with van der Waals surface area (Å²) in [7, 11) is 3.97.